The van der Waals surface area contributed by atoms with E-state index < -0.39 is 0 Å². The van der Waals surface area contributed by atoms with E-state index in [9.17, 15) is 5.11 Å². The summed E-state index contributed by atoms with van der Waals surface area (Å²) in [4.78, 5) is 4.34. The molecule has 5 nitrogen and oxygen atoms in total. The number of aromatic nitrogens is 2. The first-order valence-electron chi connectivity index (χ1n) is 7.56. The molecule has 21 heavy (non-hydrogen) atoms. The molecule has 0 radical (unpaired) electrons. The highest BCUT2D eigenvalue weighted by molar-refractivity contribution is 5.38. The maximum absolute atomic E-state index is 9.95. The topological polar surface area (TPSA) is 68.4 Å². The van der Waals surface area contributed by atoms with Crippen molar-refractivity contribution in [3.63, 3.8) is 0 Å². The van der Waals surface area contributed by atoms with Crippen LogP contribution in [0.25, 0.3) is 0 Å². The van der Waals surface area contributed by atoms with Crippen LogP contribution in [0.2, 0.25) is 0 Å². The largest absolute Gasteiger partial charge is 0.485 e. The summed E-state index contributed by atoms with van der Waals surface area (Å²) in [7, 11) is 0. The van der Waals surface area contributed by atoms with E-state index in [4.69, 9.17) is 9.26 Å². The Balaban J connectivity index is 1.44. The number of fused-ring (bicyclic) bond motifs is 1. The van der Waals surface area contributed by atoms with Crippen LogP contribution in [-0.2, 0) is 13.0 Å². The monoisotopic (exact) mass is 286 g/mol. The van der Waals surface area contributed by atoms with E-state index in [1.54, 1.807) is 0 Å². The van der Waals surface area contributed by atoms with Gasteiger partial charge in [0.05, 0.1) is 6.10 Å². The molecular formula is C16H18N2O3. The van der Waals surface area contributed by atoms with Crippen molar-refractivity contribution >= 4 is 0 Å². The van der Waals surface area contributed by atoms with Crippen LogP contribution in [-0.4, -0.2) is 15.2 Å². The molecule has 110 valence electrons. The SMILES string of the molecule is OC1CCCc2cc(OCc3noc(C4CC4)n3)ccc21. The zero-order chi connectivity index (χ0) is 14.2. The number of rotatable bonds is 4. The molecule has 1 unspecified atom stereocenters. The number of nitrogens with zero attached hydrogens (tertiary/aromatic N) is 2. The van der Waals surface area contributed by atoms with Gasteiger partial charge in [0.2, 0.25) is 11.7 Å². The molecule has 4 rings (SSSR count). The first-order chi connectivity index (χ1) is 10.3. The highest BCUT2D eigenvalue weighted by Crippen LogP contribution is 2.39. The lowest BCUT2D eigenvalue weighted by Gasteiger charge is -2.21. The minimum atomic E-state index is -0.332. The van der Waals surface area contributed by atoms with Crippen molar-refractivity contribution in [2.24, 2.45) is 0 Å². The van der Waals surface area contributed by atoms with Crippen LogP contribution in [0.5, 0.6) is 5.75 Å². The summed E-state index contributed by atoms with van der Waals surface area (Å²) in [6.07, 6.45) is 4.83. The Morgan fingerprint density at radius 3 is 3.05 bits per heavy atom. The molecule has 0 saturated heterocycles. The summed E-state index contributed by atoms with van der Waals surface area (Å²) in [6, 6.07) is 5.87. The lowest BCUT2D eigenvalue weighted by Crippen LogP contribution is -2.09. The van der Waals surface area contributed by atoms with E-state index in [1.807, 2.05) is 18.2 Å². The third-order valence-electron chi connectivity index (χ3n) is 4.18. The zero-order valence-electron chi connectivity index (χ0n) is 11.8. The van der Waals surface area contributed by atoms with Crippen LogP contribution in [0.3, 0.4) is 0 Å². The lowest BCUT2D eigenvalue weighted by atomic mass is 9.89. The maximum atomic E-state index is 9.95. The van der Waals surface area contributed by atoms with Crippen molar-refractivity contribution in [1.82, 2.24) is 10.1 Å². The van der Waals surface area contributed by atoms with E-state index in [-0.39, 0.29) is 6.10 Å². The van der Waals surface area contributed by atoms with Gasteiger partial charge in [0.15, 0.2) is 6.61 Å². The number of ether oxygens (including phenoxy) is 1. The third-order valence-corrected chi connectivity index (χ3v) is 4.18. The van der Waals surface area contributed by atoms with Crippen molar-refractivity contribution in [3.8, 4) is 5.75 Å². The van der Waals surface area contributed by atoms with E-state index in [0.29, 0.717) is 18.3 Å². The Morgan fingerprint density at radius 2 is 2.19 bits per heavy atom. The highest BCUT2D eigenvalue weighted by atomic mass is 16.5. The standard InChI is InChI=1S/C16H18N2O3/c19-14-3-1-2-11-8-12(6-7-13(11)14)20-9-15-17-16(21-18-15)10-4-5-10/h6-8,10,14,19H,1-5,9H2. The van der Waals surface area contributed by atoms with Crippen LogP contribution in [0.15, 0.2) is 22.7 Å². The van der Waals surface area contributed by atoms with Gasteiger partial charge in [-0.05, 0) is 55.4 Å². The Bertz CT molecular complexity index is 649. The fourth-order valence-corrected chi connectivity index (χ4v) is 2.82. The Morgan fingerprint density at radius 1 is 1.29 bits per heavy atom. The van der Waals surface area contributed by atoms with Crippen LogP contribution in [0, 0.1) is 0 Å². The number of hydrogen-bond donors (Lipinski definition) is 1. The Labute approximate surface area is 122 Å². The van der Waals surface area contributed by atoms with Gasteiger partial charge in [-0.2, -0.15) is 4.98 Å². The molecule has 1 aromatic carbocycles. The van der Waals surface area contributed by atoms with Gasteiger partial charge in [-0.3, -0.25) is 0 Å². The molecule has 1 fully saturated rings. The number of aryl methyl sites for hydroxylation is 1. The van der Waals surface area contributed by atoms with E-state index >= 15 is 0 Å². The van der Waals surface area contributed by atoms with Gasteiger partial charge in [-0.15, -0.1) is 0 Å². The molecule has 2 aliphatic carbocycles. The van der Waals surface area contributed by atoms with Crippen molar-refractivity contribution in [2.75, 3.05) is 0 Å². The molecule has 1 saturated carbocycles. The molecule has 1 atom stereocenters. The van der Waals surface area contributed by atoms with Crippen LogP contribution in [0.4, 0.5) is 0 Å². The third kappa shape index (κ3) is 2.65. The summed E-state index contributed by atoms with van der Waals surface area (Å²) in [5, 5.41) is 13.9. The fourth-order valence-electron chi connectivity index (χ4n) is 2.82. The van der Waals surface area contributed by atoms with Gasteiger partial charge < -0.3 is 14.4 Å². The van der Waals surface area contributed by atoms with Gasteiger partial charge in [0.25, 0.3) is 0 Å². The van der Waals surface area contributed by atoms with Crippen LogP contribution in [0.1, 0.15) is 60.5 Å². The minimum Gasteiger partial charge on any atom is -0.485 e. The van der Waals surface area contributed by atoms with E-state index in [0.717, 1.165) is 49.3 Å². The summed E-state index contributed by atoms with van der Waals surface area (Å²) in [5.74, 6) is 2.59. The summed E-state index contributed by atoms with van der Waals surface area (Å²) in [5.41, 5.74) is 2.21. The predicted molar refractivity (Wildman–Crippen MR) is 74.9 cm³/mol. The molecule has 2 aliphatic rings. The van der Waals surface area contributed by atoms with Gasteiger partial charge in [-0.25, -0.2) is 0 Å². The van der Waals surface area contributed by atoms with E-state index in [1.165, 1.54) is 5.56 Å². The Hall–Kier alpha value is -1.88. The van der Waals surface area contributed by atoms with Crippen LogP contribution < -0.4 is 4.74 Å². The molecule has 1 heterocycles. The molecule has 0 bridgehead atoms. The quantitative estimate of drug-likeness (QED) is 0.936. The van der Waals surface area contributed by atoms with Gasteiger partial charge in [0.1, 0.15) is 5.75 Å². The Kier molecular flexibility index (Phi) is 3.15. The number of benzene rings is 1. The number of aliphatic hydroxyl groups is 1. The summed E-state index contributed by atoms with van der Waals surface area (Å²) < 4.78 is 10.9. The second kappa shape index (κ2) is 5.15. The van der Waals surface area contributed by atoms with Gasteiger partial charge in [0, 0.05) is 5.92 Å². The first kappa shape index (κ1) is 12.8. The van der Waals surface area contributed by atoms with Gasteiger partial charge in [-0.1, -0.05) is 11.2 Å². The summed E-state index contributed by atoms with van der Waals surface area (Å²) in [6.45, 7) is 0.317. The normalized spacial score (nSPS) is 21.1. The molecule has 0 aliphatic heterocycles. The van der Waals surface area contributed by atoms with Crippen LogP contribution >= 0.6 is 0 Å². The average Bonchev–Trinajstić information content (AvgIpc) is 3.24. The number of hydrogen-bond acceptors (Lipinski definition) is 5. The summed E-state index contributed by atoms with van der Waals surface area (Å²) >= 11 is 0. The fraction of sp³-hybridized carbons (Fsp3) is 0.500. The molecule has 1 aromatic heterocycles. The number of aliphatic hydroxyl groups excluding tert-OH is 1. The smallest absolute Gasteiger partial charge is 0.229 e. The molecule has 0 spiro atoms. The zero-order valence-corrected chi connectivity index (χ0v) is 11.8. The molecular weight excluding hydrogens is 268 g/mol. The maximum Gasteiger partial charge on any atom is 0.229 e. The first-order valence-corrected chi connectivity index (χ1v) is 7.56. The van der Waals surface area contributed by atoms with Crippen molar-refractivity contribution in [1.29, 1.82) is 0 Å². The second-order valence-electron chi connectivity index (χ2n) is 5.88. The molecule has 2 aromatic rings. The predicted octanol–water partition coefficient (Wildman–Crippen LogP) is 2.90. The van der Waals surface area contributed by atoms with E-state index in [2.05, 4.69) is 10.1 Å². The second-order valence-corrected chi connectivity index (χ2v) is 5.88. The van der Waals surface area contributed by atoms with Crippen molar-refractivity contribution in [2.45, 2.75) is 50.7 Å². The van der Waals surface area contributed by atoms with Crippen molar-refractivity contribution in [3.05, 3.63) is 41.0 Å². The molecule has 5 heteroatoms. The molecule has 1 N–H and O–H groups in total. The average molecular weight is 286 g/mol. The minimum absolute atomic E-state index is 0.317. The van der Waals surface area contributed by atoms with Gasteiger partial charge >= 0.3 is 0 Å². The highest BCUT2D eigenvalue weighted by Gasteiger charge is 2.29. The van der Waals surface area contributed by atoms with Crippen molar-refractivity contribution < 1.29 is 14.4 Å². The molecule has 0 amide bonds. The lowest BCUT2D eigenvalue weighted by molar-refractivity contribution is 0.156.